The summed E-state index contributed by atoms with van der Waals surface area (Å²) in [5.74, 6) is 0.804. The lowest BCUT2D eigenvalue weighted by atomic mass is 10.0. The number of amides is 1. The van der Waals surface area contributed by atoms with Gasteiger partial charge in [0.2, 0.25) is 5.91 Å². The molecule has 0 bridgehead atoms. The summed E-state index contributed by atoms with van der Waals surface area (Å²) in [5.41, 5.74) is 1.03. The summed E-state index contributed by atoms with van der Waals surface area (Å²) in [6.45, 7) is 14.2. The van der Waals surface area contributed by atoms with Gasteiger partial charge in [-0.1, -0.05) is 18.7 Å². The van der Waals surface area contributed by atoms with E-state index in [2.05, 4.69) is 36.1 Å². The zero-order chi connectivity index (χ0) is 17.4. The van der Waals surface area contributed by atoms with Gasteiger partial charge in [0.15, 0.2) is 0 Å². The van der Waals surface area contributed by atoms with Gasteiger partial charge in [-0.15, -0.1) is 11.3 Å². The van der Waals surface area contributed by atoms with Crippen LogP contribution in [0.4, 0.5) is 0 Å². The SMILES string of the molecule is CCC(C)(C)NC(=O)C(C)Sc1nc(C)nc2sc(C)c(C)c12. The molecule has 6 heteroatoms. The van der Waals surface area contributed by atoms with E-state index in [0.717, 1.165) is 27.5 Å². The summed E-state index contributed by atoms with van der Waals surface area (Å²) in [6, 6.07) is 0. The molecule has 1 amide bonds. The number of nitrogens with zero attached hydrogens (tertiary/aromatic N) is 2. The Labute approximate surface area is 146 Å². The second-order valence-corrected chi connectivity index (χ2v) is 9.06. The van der Waals surface area contributed by atoms with E-state index in [4.69, 9.17) is 0 Å². The average molecular weight is 352 g/mol. The summed E-state index contributed by atoms with van der Waals surface area (Å²) in [4.78, 5) is 23.9. The first-order chi connectivity index (χ1) is 10.6. The smallest absolute Gasteiger partial charge is 0.233 e. The number of carbonyl (C=O) groups excluding carboxylic acids is 1. The van der Waals surface area contributed by atoms with Crippen molar-refractivity contribution in [2.75, 3.05) is 0 Å². The quantitative estimate of drug-likeness (QED) is 0.641. The van der Waals surface area contributed by atoms with Crippen molar-refractivity contribution in [3.8, 4) is 0 Å². The molecule has 0 aliphatic carbocycles. The Bertz CT molecular complexity index is 737. The van der Waals surface area contributed by atoms with Gasteiger partial charge in [-0.05, 0) is 53.5 Å². The molecule has 4 nitrogen and oxygen atoms in total. The van der Waals surface area contributed by atoms with Crippen molar-refractivity contribution < 1.29 is 4.79 Å². The molecule has 2 heterocycles. The third-order valence-electron chi connectivity index (χ3n) is 4.11. The number of nitrogens with one attached hydrogen (secondary N) is 1. The minimum absolute atomic E-state index is 0.0517. The molecule has 0 radical (unpaired) electrons. The summed E-state index contributed by atoms with van der Waals surface area (Å²) in [5, 5.41) is 4.92. The van der Waals surface area contributed by atoms with E-state index in [0.29, 0.717) is 0 Å². The Morgan fingerprint density at radius 1 is 1.30 bits per heavy atom. The Balaban J connectivity index is 2.29. The third-order valence-corrected chi connectivity index (χ3v) is 6.30. The van der Waals surface area contributed by atoms with Crippen molar-refractivity contribution in [3.05, 3.63) is 16.3 Å². The summed E-state index contributed by atoms with van der Waals surface area (Å²) >= 11 is 3.21. The number of hydrogen-bond acceptors (Lipinski definition) is 5. The lowest BCUT2D eigenvalue weighted by Gasteiger charge is -2.26. The molecule has 2 rings (SSSR count). The Morgan fingerprint density at radius 3 is 2.57 bits per heavy atom. The second-order valence-electron chi connectivity index (χ2n) is 6.53. The number of thiophene rings is 1. The highest BCUT2D eigenvalue weighted by Gasteiger charge is 2.24. The molecule has 0 saturated heterocycles. The van der Waals surface area contributed by atoms with Gasteiger partial charge in [-0.2, -0.15) is 0 Å². The minimum Gasteiger partial charge on any atom is -0.350 e. The second kappa shape index (κ2) is 6.77. The van der Waals surface area contributed by atoms with Crippen LogP contribution in [-0.4, -0.2) is 26.7 Å². The van der Waals surface area contributed by atoms with Crippen LogP contribution >= 0.6 is 23.1 Å². The van der Waals surface area contributed by atoms with Crippen LogP contribution in [0.25, 0.3) is 10.2 Å². The van der Waals surface area contributed by atoms with Gasteiger partial charge in [0.05, 0.1) is 5.25 Å². The largest absolute Gasteiger partial charge is 0.350 e. The van der Waals surface area contributed by atoms with E-state index < -0.39 is 0 Å². The van der Waals surface area contributed by atoms with Gasteiger partial charge in [0.25, 0.3) is 0 Å². The van der Waals surface area contributed by atoms with Gasteiger partial charge < -0.3 is 5.32 Å². The Morgan fingerprint density at radius 2 is 1.96 bits per heavy atom. The van der Waals surface area contributed by atoms with Crippen LogP contribution in [0.15, 0.2) is 5.03 Å². The van der Waals surface area contributed by atoms with Gasteiger partial charge >= 0.3 is 0 Å². The predicted molar refractivity (Wildman–Crippen MR) is 99.5 cm³/mol. The van der Waals surface area contributed by atoms with Crippen LogP contribution in [-0.2, 0) is 4.79 Å². The van der Waals surface area contributed by atoms with Crippen LogP contribution in [0.1, 0.15) is 50.4 Å². The molecule has 2 aromatic rings. The molecule has 0 aliphatic heterocycles. The topological polar surface area (TPSA) is 54.9 Å². The molecule has 1 unspecified atom stereocenters. The molecule has 0 saturated carbocycles. The molecule has 1 N–H and O–H groups in total. The average Bonchev–Trinajstić information content (AvgIpc) is 2.73. The summed E-state index contributed by atoms with van der Waals surface area (Å²) in [6.07, 6.45) is 0.899. The maximum atomic E-state index is 12.5. The normalized spacial score (nSPS) is 13.3. The van der Waals surface area contributed by atoms with Crippen LogP contribution < -0.4 is 5.32 Å². The molecule has 0 spiro atoms. The fraction of sp³-hybridized carbons (Fsp3) is 0.588. The fourth-order valence-corrected chi connectivity index (χ4v) is 4.34. The highest BCUT2D eigenvalue weighted by atomic mass is 32.2. The van der Waals surface area contributed by atoms with E-state index in [-0.39, 0.29) is 16.7 Å². The molecule has 1 atom stereocenters. The van der Waals surface area contributed by atoms with Crippen LogP contribution in [0, 0.1) is 20.8 Å². The first kappa shape index (κ1) is 18.2. The molecule has 23 heavy (non-hydrogen) atoms. The standard InChI is InChI=1S/C17H25N3OS2/c1-8-17(6,7)20-14(21)11(4)23-16-13-9(2)10(3)22-15(13)18-12(5)19-16/h11H,8H2,1-7H3,(H,20,21). The van der Waals surface area contributed by atoms with E-state index in [1.807, 2.05) is 27.7 Å². The minimum atomic E-state index is -0.196. The van der Waals surface area contributed by atoms with Crippen molar-refractivity contribution in [1.29, 1.82) is 0 Å². The zero-order valence-corrected chi connectivity index (χ0v) is 16.5. The molecule has 126 valence electrons. The highest BCUT2D eigenvalue weighted by molar-refractivity contribution is 8.00. The maximum absolute atomic E-state index is 12.5. The van der Waals surface area contributed by atoms with Crippen LogP contribution in [0.3, 0.4) is 0 Å². The van der Waals surface area contributed by atoms with Crippen molar-refractivity contribution in [2.45, 2.75) is 70.7 Å². The van der Waals surface area contributed by atoms with Gasteiger partial charge in [-0.3, -0.25) is 4.79 Å². The summed E-state index contributed by atoms with van der Waals surface area (Å²) < 4.78 is 0. The lowest BCUT2D eigenvalue weighted by Crippen LogP contribution is -2.46. The van der Waals surface area contributed by atoms with Crippen LogP contribution in [0.2, 0.25) is 0 Å². The lowest BCUT2D eigenvalue weighted by molar-refractivity contribution is -0.121. The van der Waals surface area contributed by atoms with Crippen molar-refractivity contribution in [1.82, 2.24) is 15.3 Å². The van der Waals surface area contributed by atoms with Crippen molar-refractivity contribution >= 4 is 39.2 Å². The number of fused-ring (bicyclic) bond motifs is 1. The number of hydrogen-bond donors (Lipinski definition) is 1. The number of aryl methyl sites for hydroxylation is 3. The molecule has 0 aromatic carbocycles. The highest BCUT2D eigenvalue weighted by Crippen LogP contribution is 2.36. The summed E-state index contributed by atoms with van der Waals surface area (Å²) in [7, 11) is 0. The van der Waals surface area contributed by atoms with E-state index in [1.165, 1.54) is 22.2 Å². The zero-order valence-electron chi connectivity index (χ0n) is 14.9. The maximum Gasteiger partial charge on any atom is 0.233 e. The Kier molecular flexibility index (Phi) is 5.36. The molecule has 0 fully saturated rings. The van der Waals surface area contributed by atoms with Crippen molar-refractivity contribution in [2.24, 2.45) is 0 Å². The third kappa shape index (κ3) is 4.04. The monoisotopic (exact) mass is 351 g/mol. The van der Waals surface area contributed by atoms with Crippen LogP contribution in [0.5, 0.6) is 0 Å². The molecule has 2 aromatic heterocycles. The Hall–Kier alpha value is -1.14. The number of rotatable bonds is 5. The van der Waals surface area contributed by atoms with Gasteiger partial charge in [-0.25, -0.2) is 9.97 Å². The number of aromatic nitrogens is 2. The van der Waals surface area contributed by atoms with E-state index in [1.54, 1.807) is 11.3 Å². The predicted octanol–water partition coefficient (Wildman–Crippen LogP) is 4.40. The first-order valence-electron chi connectivity index (χ1n) is 7.87. The van der Waals surface area contributed by atoms with E-state index >= 15 is 0 Å². The number of carbonyl (C=O) groups is 1. The molecular weight excluding hydrogens is 326 g/mol. The van der Waals surface area contributed by atoms with E-state index in [9.17, 15) is 4.79 Å². The first-order valence-corrected chi connectivity index (χ1v) is 9.57. The van der Waals surface area contributed by atoms with Gasteiger partial charge in [0, 0.05) is 15.8 Å². The number of thioether (sulfide) groups is 1. The molecule has 0 aliphatic rings. The fourth-order valence-electron chi connectivity index (χ4n) is 2.14. The molecular formula is C17H25N3OS2. The van der Waals surface area contributed by atoms with Gasteiger partial charge in [0.1, 0.15) is 15.7 Å². The van der Waals surface area contributed by atoms with Crippen molar-refractivity contribution in [3.63, 3.8) is 0 Å².